The summed E-state index contributed by atoms with van der Waals surface area (Å²) in [6, 6.07) is 30.8. The topological polar surface area (TPSA) is 93.2 Å². The quantitative estimate of drug-likeness (QED) is 0.217. The second-order valence-electron chi connectivity index (χ2n) is 8.65. The molecule has 0 spiro atoms. The van der Waals surface area contributed by atoms with Crippen molar-refractivity contribution in [2.75, 3.05) is 23.8 Å². The zero-order valence-electron chi connectivity index (χ0n) is 20.6. The zero-order valence-corrected chi connectivity index (χ0v) is 22.2. The summed E-state index contributed by atoms with van der Waals surface area (Å²) in [7, 11) is 0. The molecule has 6 aromatic rings. The molecule has 0 atom stereocenters. The van der Waals surface area contributed by atoms with Crippen LogP contribution in [0.25, 0.3) is 41.6 Å². The summed E-state index contributed by atoms with van der Waals surface area (Å²) in [6.45, 7) is -0.526. The lowest BCUT2D eigenvalue weighted by molar-refractivity contribution is -0.125. The number of hydrogen-bond acceptors (Lipinski definition) is 7. The van der Waals surface area contributed by atoms with E-state index >= 15 is 0 Å². The molecule has 0 fully saturated rings. The third-order valence-corrected chi connectivity index (χ3v) is 8.06. The zero-order chi connectivity index (χ0) is 26.6. The molecule has 0 saturated carbocycles. The Bertz CT molecular complexity index is 1610. The molecule has 2 N–H and O–H groups in total. The number of para-hydroxylation sites is 4. The van der Waals surface area contributed by atoms with E-state index in [9.17, 15) is 9.59 Å². The molecule has 0 aliphatic heterocycles. The monoisotopic (exact) mass is 550 g/mol. The average molecular weight is 551 g/mol. The van der Waals surface area contributed by atoms with Gasteiger partial charge >= 0.3 is 0 Å². The Morgan fingerprint density at radius 3 is 1.46 bits per heavy atom. The molecule has 192 valence electrons. The van der Waals surface area contributed by atoms with Gasteiger partial charge in [0.05, 0.1) is 31.8 Å². The van der Waals surface area contributed by atoms with E-state index in [1.54, 1.807) is 22.7 Å². The fraction of sp³-hybridized carbons (Fsp3) is 0.0667. The molecule has 0 aliphatic carbocycles. The summed E-state index contributed by atoms with van der Waals surface area (Å²) in [5.41, 5.74) is 4.77. The van der Waals surface area contributed by atoms with Crippen LogP contribution in [0.3, 0.4) is 0 Å². The van der Waals surface area contributed by atoms with Gasteiger partial charge in [-0.15, -0.1) is 22.7 Å². The average Bonchev–Trinajstić information content (AvgIpc) is 3.58. The molecule has 0 saturated heterocycles. The Labute approximate surface area is 232 Å². The number of anilines is 2. The predicted octanol–water partition coefficient (Wildman–Crippen LogP) is 6.83. The number of benzene rings is 4. The number of rotatable bonds is 8. The van der Waals surface area contributed by atoms with Crippen LogP contribution >= 0.6 is 22.7 Å². The molecular weight excluding hydrogens is 528 g/mol. The summed E-state index contributed by atoms with van der Waals surface area (Å²) in [6.07, 6.45) is 0. The SMILES string of the molecule is O=C(COCC(=O)Nc1ccccc1-c1nc2ccccc2s1)Nc1ccccc1-c1nc2ccccc2s1. The first-order chi connectivity index (χ1) is 19.1. The normalized spacial score (nSPS) is 11.1. The van der Waals surface area contributed by atoms with Crippen molar-refractivity contribution < 1.29 is 14.3 Å². The minimum atomic E-state index is -0.355. The molecule has 39 heavy (non-hydrogen) atoms. The third-order valence-electron chi connectivity index (χ3n) is 5.92. The number of thiazole rings is 2. The molecule has 2 aromatic heterocycles. The Kier molecular flexibility index (Phi) is 7.09. The van der Waals surface area contributed by atoms with Gasteiger partial charge in [0.15, 0.2) is 0 Å². The minimum Gasteiger partial charge on any atom is -0.362 e. The fourth-order valence-corrected chi connectivity index (χ4v) is 6.15. The number of carbonyl (C=O) groups excluding carboxylic acids is 2. The van der Waals surface area contributed by atoms with Crippen molar-refractivity contribution in [1.29, 1.82) is 0 Å². The standard InChI is InChI=1S/C30H22N4O3S2/c35-27(31-21-11-3-1-9-19(21)29-33-23-13-5-7-15-25(23)38-29)17-37-18-28(36)32-22-12-4-2-10-20(22)30-34-24-14-6-8-16-26(24)39-30/h1-16H,17-18H2,(H,31,35)(H,32,36). The van der Waals surface area contributed by atoms with Crippen LogP contribution in [0.15, 0.2) is 97.1 Å². The van der Waals surface area contributed by atoms with Crippen molar-refractivity contribution in [2.45, 2.75) is 0 Å². The van der Waals surface area contributed by atoms with Gasteiger partial charge in [0.1, 0.15) is 23.2 Å². The number of hydrogen-bond donors (Lipinski definition) is 2. The van der Waals surface area contributed by atoms with Crippen LogP contribution in [0.2, 0.25) is 0 Å². The third kappa shape index (κ3) is 5.56. The number of aromatic nitrogens is 2. The first-order valence-electron chi connectivity index (χ1n) is 12.2. The Morgan fingerprint density at radius 2 is 1.00 bits per heavy atom. The van der Waals surface area contributed by atoms with Crippen LogP contribution in [0, 0.1) is 0 Å². The van der Waals surface area contributed by atoms with Crippen molar-refractivity contribution >= 4 is 66.3 Å². The molecule has 4 aromatic carbocycles. The molecule has 0 aliphatic rings. The highest BCUT2D eigenvalue weighted by atomic mass is 32.1. The van der Waals surface area contributed by atoms with Gasteiger partial charge in [-0.05, 0) is 48.5 Å². The van der Waals surface area contributed by atoms with Gasteiger partial charge in [-0.1, -0.05) is 48.5 Å². The molecule has 2 amide bonds. The highest BCUT2D eigenvalue weighted by Gasteiger charge is 2.15. The van der Waals surface area contributed by atoms with Crippen molar-refractivity contribution in [3.8, 4) is 21.1 Å². The van der Waals surface area contributed by atoms with E-state index in [2.05, 4.69) is 10.6 Å². The first-order valence-corrected chi connectivity index (χ1v) is 13.8. The smallest absolute Gasteiger partial charge is 0.250 e. The Balaban J connectivity index is 1.07. The van der Waals surface area contributed by atoms with Crippen LogP contribution < -0.4 is 10.6 Å². The highest BCUT2D eigenvalue weighted by molar-refractivity contribution is 7.22. The molecule has 0 unspecified atom stereocenters. The molecule has 0 bridgehead atoms. The van der Waals surface area contributed by atoms with Crippen molar-refractivity contribution in [1.82, 2.24) is 9.97 Å². The predicted molar refractivity (Wildman–Crippen MR) is 158 cm³/mol. The number of amides is 2. The lowest BCUT2D eigenvalue weighted by Gasteiger charge is -2.11. The summed E-state index contributed by atoms with van der Waals surface area (Å²) >= 11 is 3.13. The Morgan fingerprint density at radius 1 is 0.590 bits per heavy atom. The van der Waals surface area contributed by atoms with E-state index in [0.717, 1.165) is 41.6 Å². The maximum atomic E-state index is 12.6. The molecule has 2 heterocycles. The van der Waals surface area contributed by atoms with Gasteiger partial charge in [0.2, 0.25) is 11.8 Å². The lowest BCUT2D eigenvalue weighted by atomic mass is 10.2. The van der Waals surface area contributed by atoms with Crippen molar-refractivity contribution in [2.24, 2.45) is 0 Å². The van der Waals surface area contributed by atoms with Crippen LogP contribution in [-0.2, 0) is 14.3 Å². The summed E-state index contributed by atoms with van der Waals surface area (Å²) in [5, 5.41) is 7.41. The minimum absolute atomic E-state index is 0.263. The van der Waals surface area contributed by atoms with Gasteiger partial charge in [-0.2, -0.15) is 0 Å². The van der Waals surface area contributed by atoms with Gasteiger partial charge in [0, 0.05) is 11.1 Å². The van der Waals surface area contributed by atoms with Crippen molar-refractivity contribution in [3.05, 3.63) is 97.1 Å². The summed E-state index contributed by atoms with van der Waals surface area (Å²) in [4.78, 5) is 34.7. The number of nitrogens with one attached hydrogen (secondary N) is 2. The van der Waals surface area contributed by atoms with E-state index in [0.29, 0.717) is 11.4 Å². The second kappa shape index (κ2) is 11.1. The summed E-state index contributed by atoms with van der Waals surface area (Å²) < 4.78 is 7.59. The van der Waals surface area contributed by atoms with Gasteiger partial charge in [-0.25, -0.2) is 9.97 Å². The number of nitrogens with zero attached hydrogens (tertiary/aromatic N) is 2. The van der Waals surface area contributed by atoms with Crippen LogP contribution in [0.4, 0.5) is 11.4 Å². The van der Waals surface area contributed by atoms with Crippen LogP contribution in [0.1, 0.15) is 0 Å². The number of carbonyl (C=O) groups is 2. The molecular formula is C30H22N4O3S2. The maximum Gasteiger partial charge on any atom is 0.250 e. The van der Waals surface area contributed by atoms with Gasteiger partial charge in [0.25, 0.3) is 0 Å². The van der Waals surface area contributed by atoms with Crippen molar-refractivity contribution in [3.63, 3.8) is 0 Å². The molecule has 7 nitrogen and oxygen atoms in total. The molecule has 6 rings (SSSR count). The van der Waals surface area contributed by atoms with E-state index in [1.165, 1.54) is 0 Å². The number of fused-ring (bicyclic) bond motifs is 2. The summed E-state index contributed by atoms with van der Waals surface area (Å²) in [5.74, 6) is -0.711. The van der Waals surface area contributed by atoms with Gasteiger partial charge < -0.3 is 15.4 Å². The number of ether oxygens (including phenoxy) is 1. The van der Waals surface area contributed by atoms with E-state index < -0.39 is 0 Å². The first kappa shape index (κ1) is 24.9. The van der Waals surface area contributed by atoms with E-state index in [-0.39, 0.29) is 25.0 Å². The lowest BCUT2D eigenvalue weighted by Crippen LogP contribution is -2.24. The van der Waals surface area contributed by atoms with E-state index in [4.69, 9.17) is 14.7 Å². The fourth-order valence-electron chi connectivity index (χ4n) is 4.14. The van der Waals surface area contributed by atoms with E-state index in [1.807, 2.05) is 97.1 Å². The molecule has 0 radical (unpaired) electrons. The Hall–Kier alpha value is -4.44. The molecule has 9 heteroatoms. The van der Waals surface area contributed by atoms with Gasteiger partial charge in [-0.3, -0.25) is 9.59 Å². The van der Waals surface area contributed by atoms with Crippen LogP contribution in [-0.4, -0.2) is 35.0 Å². The maximum absolute atomic E-state index is 12.6. The largest absolute Gasteiger partial charge is 0.362 e. The van der Waals surface area contributed by atoms with Crippen LogP contribution in [0.5, 0.6) is 0 Å². The second-order valence-corrected chi connectivity index (χ2v) is 10.7. The highest BCUT2D eigenvalue weighted by Crippen LogP contribution is 2.35.